The van der Waals surface area contributed by atoms with Crippen LogP contribution < -0.4 is 0 Å². The maximum atomic E-state index is 12.6. The highest BCUT2D eigenvalue weighted by Crippen LogP contribution is 2.36. The Hall–Kier alpha value is -2.17. The fourth-order valence-corrected chi connectivity index (χ4v) is 4.47. The molecule has 4 heteroatoms. The van der Waals surface area contributed by atoms with E-state index in [1.54, 1.807) is 4.90 Å². The van der Waals surface area contributed by atoms with Crippen LogP contribution in [0, 0.1) is 0 Å². The highest BCUT2D eigenvalue weighted by Gasteiger charge is 2.30. The number of thioether (sulfide) groups is 1. The van der Waals surface area contributed by atoms with Gasteiger partial charge < -0.3 is 0 Å². The first-order valence-electron chi connectivity index (χ1n) is 7.85. The molecule has 1 heterocycles. The van der Waals surface area contributed by atoms with Crippen LogP contribution in [-0.2, 0) is 4.79 Å². The molecule has 0 N–H and O–H groups in total. The van der Waals surface area contributed by atoms with Crippen molar-refractivity contribution >= 4 is 61.8 Å². The first kappa shape index (κ1) is 15.4. The molecule has 0 unspecified atom stereocenters. The molecule has 0 atom stereocenters. The summed E-state index contributed by atoms with van der Waals surface area (Å²) < 4.78 is 0.637. The molecule has 0 spiro atoms. The molecule has 1 fully saturated rings. The fourth-order valence-electron chi connectivity index (χ4n) is 3.11. The topological polar surface area (TPSA) is 20.3 Å². The number of amides is 1. The fraction of sp³-hybridized carbons (Fsp3) is 0.100. The number of fused-ring (bicyclic) bond motifs is 2. The summed E-state index contributed by atoms with van der Waals surface area (Å²) in [6.07, 6.45) is 2.00. The van der Waals surface area contributed by atoms with Gasteiger partial charge in [-0.1, -0.05) is 72.5 Å². The number of rotatable bonds is 2. The molecule has 1 amide bonds. The number of nitrogens with zero attached hydrogens (tertiary/aromatic N) is 1. The maximum absolute atomic E-state index is 12.6. The molecule has 0 aromatic heterocycles. The van der Waals surface area contributed by atoms with Crippen molar-refractivity contribution in [3.63, 3.8) is 0 Å². The minimum absolute atomic E-state index is 0.00418. The summed E-state index contributed by atoms with van der Waals surface area (Å²) in [5.74, 6) is 0.00418. The van der Waals surface area contributed by atoms with Crippen LogP contribution in [0.25, 0.3) is 27.6 Å². The summed E-state index contributed by atoms with van der Waals surface area (Å²) in [4.78, 5) is 14.9. The smallest absolute Gasteiger partial charge is 0.266 e. The Morgan fingerprint density at radius 1 is 1.04 bits per heavy atom. The van der Waals surface area contributed by atoms with Crippen LogP contribution in [0.5, 0.6) is 0 Å². The Labute approximate surface area is 150 Å². The number of hydrogen-bond donors (Lipinski definition) is 0. The Kier molecular flexibility index (Phi) is 3.87. The summed E-state index contributed by atoms with van der Waals surface area (Å²) in [7, 11) is 0. The molecule has 1 saturated heterocycles. The van der Waals surface area contributed by atoms with Gasteiger partial charge in [0.05, 0.1) is 4.91 Å². The first-order valence-corrected chi connectivity index (χ1v) is 9.07. The molecule has 1 aliphatic heterocycles. The molecular weight excluding hydrogens is 334 g/mol. The standard InChI is InChI=1S/C20H15NOS2/c1-2-21-19(22)18(24-20(21)23)12-17-15-9-5-3-7-13(15)11-14-8-4-6-10-16(14)17/h3-12H,2H2,1H3. The van der Waals surface area contributed by atoms with Crippen molar-refractivity contribution in [2.24, 2.45) is 0 Å². The van der Waals surface area contributed by atoms with Crippen molar-refractivity contribution in [1.29, 1.82) is 0 Å². The average Bonchev–Trinajstić information content (AvgIpc) is 2.87. The normalized spacial score (nSPS) is 16.7. The minimum Gasteiger partial charge on any atom is -0.293 e. The van der Waals surface area contributed by atoms with E-state index in [0.717, 1.165) is 16.3 Å². The molecule has 2 nitrogen and oxygen atoms in total. The number of benzene rings is 3. The second kappa shape index (κ2) is 6.04. The lowest BCUT2D eigenvalue weighted by atomic mass is 9.96. The highest BCUT2D eigenvalue weighted by molar-refractivity contribution is 8.26. The van der Waals surface area contributed by atoms with Gasteiger partial charge in [0.25, 0.3) is 5.91 Å². The van der Waals surface area contributed by atoms with Crippen LogP contribution in [0.3, 0.4) is 0 Å². The molecule has 0 saturated carbocycles. The maximum Gasteiger partial charge on any atom is 0.266 e. The number of thiocarbonyl (C=S) groups is 1. The zero-order valence-electron chi connectivity index (χ0n) is 13.2. The number of carbonyl (C=O) groups is 1. The molecule has 3 aromatic carbocycles. The molecule has 0 radical (unpaired) electrons. The van der Waals surface area contributed by atoms with Crippen LogP contribution in [0.15, 0.2) is 59.5 Å². The molecule has 0 aliphatic carbocycles. The van der Waals surface area contributed by atoms with Gasteiger partial charge in [-0.3, -0.25) is 9.69 Å². The third kappa shape index (κ3) is 2.43. The highest BCUT2D eigenvalue weighted by atomic mass is 32.2. The minimum atomic E-state index is 0.00418. The van der Waals surface area contributed by atoms with E-state index in [1.165, 1.54) is 22.5 Å². The van der Waals surface area contributed by atoms with Gasteiger partial charge in [0.2, 0.25) is 0 Å². The van der Waals surface area contributed by atoms with E-state index in [4.69, 9.17) is 12.2 Å². The van der Waals surface area contributed by atoms with E-state index in [0.29, 0.717) is 15.8 Å². The van der Waals surface area contributed by atoms with Crippen molar-refractivity contribution in [2.75, 3.05) is 6.54 Å². The Bertz CT molecular complexity index is 969. The van der Waals surface area contributed by atoms with Gasteiger partial charge in [0.15, 0.2) is 0 Å². The van der Waals surface area contributed by atoms with E-state index in [-0.39, 0.29) is 5.91 Å². The van der Waals surface area contributed by atoms with E-state index in [2.05, 4.69) is 30.3 Å². The SMILES string of the molecule is CCN1C(=O)C(=Cc2c3ccccc3cc3ccccc23)SC1=S. The predicted molar refractivity (Wildman–Crippen MR) is 107 cm³/mol. The first-order chi connectivity index (χ1) is 11.7. The molecule has 0 bridgehead atoms. The Morgan fingerprint density at radius 3 is 2.17 bits per heavy atom. The van der Waals surface area contributed by atoms with Crippen LogP contribution in [-0.4, -0.2) is 21.7 Å². The van der Waals surface area contributed by atoms with Crippen LogP contribution in [0.2, 0.25) is 0 Å². The quantitative estimate of drug-likeness (QED) is 0.360. The summed E-state index contributed by atoms with van der Waals surface area (Å²) >= 11 is 6.72. The van der Waals surface area contributed by atoms with E-state index < -0.39 is 0 Å². The summed E-state index contributed by atoms with van der Waals surface area (Å²) in [6, 6.07) is 18.8. The average molecular weight is 349 g/mol. The van der Waals surface area contributed by atoms with E-state index >= 15 is 0 Å². The summed E-state index contributed by atoms with van der Waals surface area (Å²) in [5, 5.41) is 4.65. The summed E-state index contributed by atoms with van der Waals surface area (Å²) in [5.41, 5.74) is 1.08. The molecule has 118 valence electrons. The van der Waals surface area contributed by atoms with Gasteiger partial charge in [-0.05, 0) is 46.2 Å². The molecule has 4 rings (SSSR count). The number of likely N-dealkylation sites (N-methyl/N-ethyl adjacent to an activating group) is 1. The van der Waals surface area contributed by atoms with E-state index in [1.807, 2.05) is 37.3 Å². The van der Waals surface area contributed by atoms with Gasteiger partial charge in [-0.15, -0.1) is 0 Å². The zero-order chi connectivity index (χ0) is 16.7. The lowest BCUT2D eigenvalue weighted by Gasteiger charge is -2.10. The third-order valence-electron chi connectivity index (χ3n) is 4.28. The number of carbonyl (C=O) groups excluding carboxylic acids is 1. The van der Waals surface area contributed by atoms with Gasteiger partial charge >= 0.3 is 0 Å². The molecule has 24 heavy (non-hydrogen) atoms. The van der Waals surface area contributed by atoms with Gasteiger partial charge in [0, 0.05) is 6.54 Å². The van der Waals surface area contributed by atoms with Crippen molar-refractivity contribution in [3.8, 4) is 0 Å². The zero-order valence-corrected chi connectivity index (χ0v) is 14.8. The van der Waals surface area contributed by atoms with E-state index in [9.17, 15) is 4.79 Å². The Balaban J connectivity index is 2.00. The van der Waals surface area contributed by atoms with Crippen LogP contribution in [0.1, 0.15) is 12.5 Å². The third-order valence-corrected chi connectivity index (χ3v) is 5.66. The molecular formula is C20H15NOS2. The monoisotopic (exact) mass is 349 g/mol. The van der Waals surface area contributed by atoms with Gasteiger partial charge in [0.1, 0.15) is 4.32 Å². The second-order valence-corrected chi connectivity index (χ2v) is 7.33. The molecule has 1 aliphatic rings. The van der Waals surface area contributed by atoms with Crippen LogP contribution >= 0.6 is 24.0 Å². The number of hydrogen-bond acceptors (Lipinski definition) is 3. The lowest BCUT2D eigenvalue weighted by molar-refractivity contribution is -0.121. The van der Waals surface area contributed by atoms with Gasteiger partial charge in [-0.2, -0.15) is 0 Å². The van der Waals surface area contributed by atoms with Crippen molar-refractivity contribution < 1.29 is 4.79 Å². The predicted octanol–water partition coefficient (Wildman–Crippen LogP) is 5.21. The van der Waals surface area contributed by atoms with Gasteiger partial charge in [-0.25, -0.2) is 0 Å². The second-order valence-electron chi connectivity index (χ2n) is 5.66. The van der Waals surface area contributed by atoms with Crippen molar-refractivity contribution in [1.82, 2.24) is 4.90 Å². The van der Waals surface area contributed by atoms with Crippen molar-refractivity contribution in [3.05, 3.63) is 65.1 Å². The largest absolute Gasteiger partial charge is 0.293 e. The molecule has 3 aromatic rings. The Morgan fingerprint density at radius 2 is 1.62 bits per heavy atom. The van der Waals surface area contributed by atoms with Crippen molar-refractivity contribution in [2.45, 2.75) is 6.92 Å². The summed E-state index contributed by atoms with van der Waals surface area (Å²) in [6.45, 7) is 2.55. The lowest BCUT2D eigenvalue weighted by Crippen LogP contribution is -2.27. The van der Waals surface area contributed by atoms with Crippen LogP contribution in [0.4, 0.5) is 0 Å².